The van der Waals surface area contributed by atoms with Crippen LogP contribution in [-0.2, 0) is 16.0 Å². The Labute approximate surface area is 164 Å². The van der Waals surface area contributed by atoms with Crippen molar-refractivity contribution in [2.75, 3.05) is 24.6 Å². The number of nitrogens with one attached hydrogen (secondary N) is 1. The first-order chi connectivity index (χ1) is 13.0. The number of nitrogens with two attached hydrogens (primary N) is 1. The van der Waals surface area contributed by atoms with Gasteiger partial charge in [0.2, 0.25) is 0 Å². The molecule has 0 fully saturated rings. The highest BCUT2D eigenvalue weighted by atomic mass is 35.5. The van der Waals surface area contributed by atoms with Crippen LogP contribution in [0, 0.1) is 0 Å². The molecular formula is C21H24ClN3O2. The number of fused-ring (bicyclic) bond motifs is 1. The number of hydrogen-bond acceptors (Lipinski definition) is 5. The molecule has 0 spiro atoms. The molecule has 0 unspecified atom stereocenters. The zero-order valence-electron chi connectivity index (χ0n) is 15.6. The van der Waals surface area contributed by atoms with Gasteiger partial charge >= 0.3 is 5.97 Å². The highest BCUT2D eigenvalue weighted by Crippen LogP contribution is 2.35. The fourth-order valence-corrected chi connectivity index (χ4v) is 3.38. The Morgan fingerprint density at radius 1 is 1.26 bits per heavy atom. The summed E-state index contributed by atoms with van der Waals surface area (Å²) in [6, 6.07) is 13.7. The van der Waals surface area contributed by atoms with Gasteiger partial charge in [-0.2, -0.15) is 0 Å². The maximum Gasteiger partial charge on any atom is 0.310 e. The van der Waals surface area contributed by atoms with Gasteiger partial charge in [0.05, 0.1) is 24.4 Å². The van der Waals surface area contributed by atoms with Gasteiger partial charge in [0, 0.05) is 35.1 Å². The summed E-state index contributed by atoms with van der Waals surface area (Å²) in [4.78, 5) is 14.1. The molecule has 3 rings (SSSR count). The average Bonchev–Trinajstić information content (AvgIpc) is 2.82. The number of carbonyl (C=O) groups is 1. The summed E-state index contributed by atoms with van der Waals surface area (Å²) < 4.78 is 5.09. The largest absolute Gasteiger partial charge is 0.466 e. The Balaban J connectivity index is 2.07. The van der Waals surface area contributed by atoms with Crippen molar-refractivity contribution in [2.24, 2.45) is 5.73 Å². The molecule has 6 heteroatoms. The van der Waals surface area contributed by atoms with Crippen LogP contribution in [0.1, 0.15) is 25.0 Å². The van der Waals surface area contributed by atoms with Gasteiger partial charge in [-0.15, -0.1) is 0 Å². The first-order valence-corrected chi connectivity index (χ1v) is 9.39. The molecule has 142 valence electrons. The van der Waals surface area contributed by atoms with Crippen molar-refractivity contribution < 1.29 is 9.53 Å². The van der Waals surface area contributed by atoms with Crippen LogP contribution in [0.15, 0.2) is 48.2 Å². The lowest BCUT2D eigenvalue weighted by Gasteiger charge is -2.25. The number of benzene rings is 2. The van der Waals surface area contributed by atoms with Gasteiger partial charge in [0.25, 0.3) is 0 Å². The third-order valence-corrected chi connectivity index (χ3v) is 4.70. The molecule has 1 aliphatic heterocycles. The quantitative estimate of drug-likeness (QED) is 0.783. The van der Waals surface area contributed by atoms with Crippen molar-refractivity contribution >= 4 is 34.6 Å². The summed E-state index contributed by atoms with van der Waals surface area (Å²) in [6.07, 6.45) is 0.240. The average molecular weight is 386 g/mol. The van der Waals surface area contributed by atoms with E-state index in [-0.39, 0.29) is 12.4 Å². The molecule has 2 aromatic carbocycles. The van der Waals surface area contributed by atoms with E-state index in [0.717, 1.165) is 47.0 Å². The van der Waals surface area contributed by atoms with Crippen LogP contribution in [-0.4, -0.2) is 25.7 Å². The fraction of sp³-hybridized carbons (Fsp3) is 0.286. The third-order valence-electron chi connectivity index (χ3n) is 4.45. The molecule has 27 heavy (non-hydrogen) atoms. The lowest BCUT2D eigenvalue weighted by atomic mass is 10.0. The summed E-state index contributed by atoms with van der Waals surface area (Å²) in [5, 5.41) is 4.12. The molecule has 0 amide bonds. The molecule has 1 heterocycles. The standard InChI is InChI=1S/C21H24ClN3O2/c1-3-27-20(26)13-15-4-9-18-19(12-15)25(11-10-24-21(18)14(2)23)17-7-5-16(22)6-8-17/h4-9,12,24H,3,10-11,13,23H2,1-2H3/b21-14-. The molecule has 1 aliphatic rings. The molecule has 0 radical (unpaired) electrons. The Morgan fingerprint density at radius 3 is 2.67 bits per heavy atom. The van der Waals surface area contributed by atoms with Crippen molar-refractivity contribution in [3.05, 3.63) is 64.3 Å². The van der Waals surface area contributed by atoms with Gasteiger partial charge in [-0.05, 0) is 49.7 Å². The van der Waals surface area contributed by atoms with Crippen LogP contribution in [0.25, 0.3) is 5.70 Å². The maximum absolute atomic E-state index is 11.9. The van der Waals surface area contributed by atoms with Gasteiger partial charge in [-0.3, -0.25) is 4.79 Å². The number of rotatable bonds is 4. The molecule has 2 aromatic rings. The zero-order chi connectivity index (χ0) is 19.4. The molecule has 0 saturated heterocycles. The normalized spacial score (nSPS) is 15.4. The van der Waals surface area contributed by atoms with E-state index in [0.29, 0.717) is 11.6 Å². The molecule has 0 aliphatic carbocycles. The molecule has 0 saturated carbocycles. The van der Waals surface area contributed by atoms with Gasteiger partial charge < -0.3 is 20.7 Å². The van der Waals surface area contributed by atoms with E-state index >= 15 is 0 Å². The topological polar surface area (TPSA) is 67.6 Å². The Morgan fingerprint density at radius 2 is 2.00 bits per heavy atom. The summed E-state index contributed by atoms with van der Waals surface area (Å²) >= 11 is 6.05. The van der Waals surface area contributed by atoms with Gasteiger partial charge in [0.15, 0.2) is 0 Å². The highest BCUT2D eigenvalue weighted by molar-refractivity contribution is 6.30. The van der Waals surface area contributed by atoms with Crippen molar-refractivity contribution in [2.45, 2.75) is 20.3 Å². The third kappa shape index (κ3) is 4.37. The van der Waals surface area contributed by atoms with Crippen molar-refractivity contribution in [1.82, 2.24) is 5.32 Å². The number of halogens is 1. The molecule has 0 aromatic heterocycles. The number of allylic oxidation sites excluding steroid dienone is 1. The predicted octanol–water partition coefficient (Wildman–Crippen LogP) is 3.83. The predicted molar refractivity (Wildman–Crippen MR) is 110 cm³/mol. The zero-order valence-corrected chi connectivity index (χ0v) is 16.3. The summed E-state index contributed by atoms with van der Waals surface area (Å²) in [5.41, 5.74) is 11.7. The van der Waals surface area contributed by atoms with E-state index in [1.54, 1.807) is 0 Å². The minimum Gasteiger partial charge on any atom is -0.466 e. The second-order valence-electron chi connectivity index (χ2n) is 6.45. The summed E-state index contributed by atoms with van der Waals surface area (Å²) in [7, 11) is 0. The Bertz CT molecular complexity index is 858. The van der Waals surface area contributed by atoms with E-state index in [9.17, 15) is 4.79 Å². The second kappa shape index (κ2) is 8.35. The number of esters is 1. The summed E-state index contributed by atoms with van der Waals surface area (Å²) in [6.45, 7) is 5.58. The highest BCUT2D eigenvalue weighted by Gasteiger charge is 2.21. The maximum atomic E-state index is 11.9. The number of nitrogens with zero attached hydrogens (tertiary/aromatic N) is 1. The molecule has 3 N–H and O–H groups in total. The van der Waals surface area contributed by atoms with E-state index < -0.39 is 0 Å². The molecular weight excluding hydrogens is 362 g/mol. The van der Waals surface area contributed by atoms with E-state index in [2.05, 4.69) is 10.2 Å². The summed E-state index contributed by atoms with van der Waals surface area (Å²) in [5.74, 6) is -0.229. The first kappa shape index (κ1) is 19.1. The van der Waals surface area contributed by atoms with E-state index in [1.807, 2.05) is 56.3 Å². The van der Waals surface area contributed by atoms with Crippen LogP contribution in [0.4, 0.5) is 11.4 Å². The number of hydrogen-bond donors (Lipinski definition) is 2. The van der Waals surface area contributed by atoms with Gasteiger partial charge in [-0.25, -0.2) is 0 Å². The molecule has 0 bridgehead atoms. The molecule has 5 nitrogen and oxygen atoms in total. The lowest BCUT2D eigenvalue weighted by Crippen LogP contribution is -2.24. The van der Waals surface area contributed by atoms with Gasteiger partial charge in [-0.1, -0.05) is 23.7 Å². The van der Waals surface area contributed by atoms with E-state index in [1.165, 1.54) is 0 Å². The van der Waals surface area contributed by atoms with Crippen molar-refractivity contribution in [3.8, 4) is 0 Å². The minimum absolute atomic E-state index is 0.229. The van der Waals surface area contributed by atoms with Crippen molar-refractivity contribution in [1.29, 1.82) is 0 Å². The van der Waals surface area contributed by atoms with Crippen LogP contribution >= 0.6 is 11.6 Å². The molecule has 0 atom stereocenters. The number of carbonyl (C=O) groups excluding carboxylic acids is 1. The Kier molecular flexibility index (Phi) is 5.91. The minimum atomic E-state index is -0.229. The number of anilines is 2. The second-order valence-corrected chi connectivity index (χ2v) is 6.88. The lowest BCUT2D eigenvalue weighted by molar-refractivity contribution is -0.142. The smallest absolute Gasteiger partial charge is 0.310 e. The van der Waals surface area contributed by atoms with E-state index in [4.69, 9.17) is 22.1 Å². The SMILES string of the molecule is CCOC(=O)Cc1ccc2c(c1)N(c1ccc(Cl)cc1)CCN/C2=C(/C)N. The monoisotopic (exact) mass is 385 g/mol. The fourth-order valence-electron chi connectivity index (χ4n) is 3.25. The van der Waals surface area contributed by atoms with Crippen LogP contribution in [0.3, 0.4) is 0 Å². The first-order valence-electron chi connectivity index (χ1n) is 9.02. The number of ether oxygens (including phenoxy) is 1. The van der Waals surface area contributed by atoms with Crippen LogP contribution < -0.4 is 16.0 Å². The van der Waals surface area contributed by atoms with Crippen molar-refractivity contribution in [3.63, 3.8) is 0 Å². The van der Waals surface area contributed by atoms with Gasteiger partial charge in [0.1, 0.15) is 0 Å². The van der Waals surface area contributed by atoms with Crippen LogP contribution in [0.5, 0.6) is 0 Å². The Hall–Kier alpha value is -2.66. The van der Waals surface area contributed by atoms with Crippen LogP contribution in [0.2, 0.25) is 5.02 Å².